The van der Waals surface area contributed by atoms with E-state index in [4.69, 9.17) is 4.74 Å². The summed E-state index contributed by atoms with van der Waals surface area (Å²) in [6.45, 7) is 6.29. The van der Waals surface area contributed by atoms with E-state index in [0.29, 0.717) is 18.4 Å². The number of alkyl carbamates (subject to hydrolysis) is 1. The summed E-state index contributed by atoms with van der Waals surface area (Å²) < 4.78 is 5.27. The highest BCUT2D eigenvalue weighted by Gasteiger charge is 2.38. The molecule has 2 unspecified atom stereocenters. The van der Waals surface area contributed by atoms with Crippen molar-refractivity contribution in [1.29, 1.82) is 0 Å². The number of hydrogen-bond acceptors (Lipinski definition) is 3. The number of benzene rings is 1. The summed E-state index contributed by atoms with van der Waals surface area (Å²) >= 11 is 0. The van der Waals surface area contributed by atoms with Crippen molar-refractivity contribution in [3.05, 3.63) is 54.4 Å². The van der Waals surface area contributed by atoms with E-state index in [2.05, 4.69) is 34.6 Å². The minimum atomic E-state index is -0.449. The van der Waals surface area contributed by atoms with Gasteiger partial charge in [-0.25, -0.2) is 4.79 Å². The minimum absolute atomic E-state index is 0.332. The molecule has 4 nitrogen and oxygen atoms in total. The maximum atomic E-state index is 11.7. The molecule has 0 radical (unpaired) electrons. The number of nitrogens with zero attached hydrogens (tertiary/aromatic N) is 1. The molecule has 4 heteroatoms. The zero-order valence-corrected chi connectivity index (χ0v) is 14.5. The fraction of sp³-hybridized carbons (Fsp3) is 0.400. The molecule has 1 N–H and O–H groups in total. The first kappa shape index (κ1) is 16.5. The molecule has 0 bridgehead atoms. The maximum absolute atomic E-state index is 11.7. The fourth-order valence-corrected chi connectivity index (χ4v) is 2.88. The van der Waals surface area contributed by atoms with Gasteiger partial charge >= 0.3 is 6.09 Å². The van der Waals surface area contributed by atoms with E-state index in [9.17, 15) is 4.79 Å². The summed E-state index contributed by atoms with van der Waals surface area (Å²) in [5, 5.41) is 2.87. The Bertz CT molecular complexity index is 690. The van der Waals surface area contributed by atoms with Crippen molar-refractivity contribution in [1.82, 2.24) is 10.3 Å². The highest BCUT2D eigenvalue weighted by molar-refractivity contribution is 5.67. The zero-order chi connectivity index (χ0) is 17.2. The van der Waals surface area contributed by atoms with E-state index < -0.39 is 5.60 Å². The Kier molecular flexibility index (Phi) is 4.56. The van der Waals surface area contributed by atoms with Gasteiger partial charge in [0.05, 0.1) is 0 Å². The molecule has 1 saturated carbocycles. The van der Waals surface area contributed by atoms with Crippen LogP contribution in [0.25, 0.3) is 11.1 Å². The molecule has 1 aliphatic carbocycles. The van der Waals surface area contributed by atoms with Crippen LogP contribution >= 0.6 is 0 Å². The maximum Gasteiger partial charge on any atom is 0.407 e. The van der Waals surface area contributed by atoms with E-state index >= 15 is 0 Å². The van der Waals surface area contributed by atoms with Crippen molar-refractivity contribution in [3.63, 3.8) is 0 Å². The number of rotatable bonds is 4. The average Bonchev–Trinajstić information content (AvgIpc) is 3.32. The minimum Gasteiger partial charge on any atom is -0.444 e. The predicted octanol–water partition coefficient (Wildman–Crippen LogP) is 4.38. The molecule has 2 aromatic rings. The molecule has 0 aliphatic heterocycles. The van der Waals surface area contributed by atoms with E-state index in [0.717, 1.165) is 6.42 Å². The lowest BCUT2D eigenvalue weighted by Gasteiger charge is -2.19. The standard InChI is InChI=1S/C20H24N2O2/c1-20(2,3)24-19(23)22-13-17-12-18(17)16-6-4-14(5-7-16)15-8-10-21-11-9-15/h4-11,17-18H,12-13H2,1-3H3,(H,22,23). The summed E-state index contributed by atoms with van der Waals surface area (Å²) in [5.74, 6) is 1.04. The lowest BCUT2D eigenvalue weighted by Crippen LogP contribution is -2.33. The lowest BCUT2D eigenvalue weighted by molar-refractivity contribution is 0.0525. The van der Waals surface area contributed by atoms with Gasteiger partial charge in [0.15, 0.2) is 0 Å². The number of pyridine rings is 1. The van der Waals surface area contributed by atoms with Crippen molar-refractivity contribution in [2.75, 3.05) is 6.54 Å². The summed E-state index contributed by atoms with van der Waals surface area (Å²) in [6.07, 6.45) is 4.40. The molecule has 1 aromatic carbocycles. The van der Waals surface area contributed by atoms with Crippen LogP contribution in [0.1, 0.15) is 38.7 Å². The molecular formula is C20H24N2O2. The van der Waals surface area contributed by atoms with E-state index in [1.165, 1.54) is 16.7 Å². The Balaban J connectivity index is 1.51. The molecule has 1 heterocycles. The number of aromatic nitrogens is 1. The van der Waals surface area contributed by atoms with Gasteiger partial charge in [0, 0.05) is 18.9 Å². The molecule has 24 heavy (non-hydrogen) atoms. The first-order valence-corrected chi connectivity index (χ1v) is 8.39. The van der Waals surface area contributed by atoms with Crippen LogP contribution in [0.5, 0.6) is 0 Å². The normalized spacial score (nSPS) is 19.6. The largest absolute Gasteiger partial charge is 0.444 e. The third kappa shape index (κ3) is 4.34. The topological polar surface area (TPSA) is 51.2 Å². The first-order chi connectivity index (χ1) is 11.4. The smallest absolute Gasteiger partial charge is 0.407 e. The van der Waals surface area contributed by atoms with Crippen LogP contribution in [-0.2, 0) is 4.74 Å². The summed E-state index contributed by atoms with van der Waals surface area (Å²) in [7, 11) is 0. The van der Waals surface area contributed by atoms with Crippen molar-refractivity contribution in [3.8, 4) is 11.1 Å². The highest BCUT2D eigenvalue weighted by atomic mass is 16.6. The summed E-state index contributed by atoms with van der Waals surface area (Å²) in [4.78, 5) is 15.7. The quantitative estimate of drug-likeness (QED) is 0.908. The second kappa shape index (κ2) is 6.63. The molecule has 2 atom stereocenters. The number of carbonyl (C=O) groups is 1. The third-order valence-electron chi connectivity index (χ3n) is 4.18. The first-order valence-electron chi connectivity index (χ1n) is 8.39. The number of amides is 1. The fourth-order valence-electron chi connectivity index (χ4n) is 2.88. The molecule has 126 valence electrons. The predicted molar refractivity (Wildman–Crippen MR) is 94.8 cm³/mol. The average molecular weight is 324 g/mol. The van der Waals surface area contributed by atoms with Gasteiger partial charge in [-0.05, 0) is 67.9 Å². The van der Waals surface area contributed by atoms with Crippen LogP contribution < -0.4 is 5.32 Å². The molecule has 0 saturated heterocycles. The Labute approximate surface area is 143 Å². The van der Waals surface area contributed by atoms with Gasteiger partial charge in [-0.3, -0.25) is 4.98 Å². The highest BCUT2D eigenvalue weighted by Crippen LogP contribution is 2.47. The van der Waals surface area contributed by atoms with Crippen LogP contribution in [0.4, 0.5) is 4.79 Å². The van der Waals surface area contributed by atoms with Crippen molar-refractivity contribution < 1.29 is 9.53 Å². The van der Waals surface area contributed by atoms with Crippen LogP contribution in [0.3, 0.4) is 0 Å². The second-order valence-electron chi connectivity index (χ2n) is 7.34. The van der Waals surface area contributed by atoms with Crippen LogP contribution in [0.2, 0.25) is 0 Å². The molecule has 1 amide bonds. The van der Waals surface area contributed by atoms with Gasteiger partial charge in [-0.1, -0.05) is 24.3 Å². The van der Waals surface area contributed by atoms with E-state index in [1.807, 2.05) is 45.3 Å². The molecule has 3 rings (SSSR count). The van der Waals surface area contributed by atoms with Crippen molar-refractivity contribution >= 4 is 6.09 Å². The number of ether oxygens (including phenoxy) is 1. The number of nitrogens with one attached hydrogen (secondary N) is 1. The van der Waals surface area contributed by atoms with Crippen molar-refractivity contribution in [2.24, 2.45) is 5.92 Å². The van der Waals surface area contributed by atoms with Crippen LogP contribution in [0.15, 0.2) is 48.8 Å². The van der Waals surface area contributed by atoms with Gasteiger partial charge in [0.1, 0.15) is 5.60 Å². The van der Waals surface area contributed by atoms with Gasteiger partial charge < -0.3 is 10.1 Å². The van der Waals surface area contributed by atoms with Crippen LogP contribution in [-0.4, -0.2) is 23.2 Å². The van der Waals surface area contributed by atoms with Gasteiger partial charge in [0.2, 0.25) is 0 Å². The molecule has 1 aromatic heterocycles. The monoisotopic (exact) mass is 324 g/mol. The number of hydrogen-bond donors (Lipinski definition) is 1. The molecule has 0 spiro atoms. The lowest BCUT2D eigenvalue weighted by atomic mass is 10.0. The third-order valence-corrected chi connectivity index (χ3v) is 4.18. The Morgan fingerprint density at radius 3 is 2.38 bits per heavy atom. The van der Waals surface area contributed by atoms with Gasteiger partial charge in [-0.2, -0.15) is 0 Å². The van der Waals surface area contributed by atoms with Gasteiger partial charge in [-0.15, -0.1) is 0 Å². The zero-order valence-electron chi connectivity index (χ0n) is 14.5. The van der Waals surface area contributed by atoms with Crippen LogP contribution in [0, 0.1) is 5.92 Å². The van der Waals surface area contributed by atoms with E-state index in [1.54, 1.807) is 0 Å². The molecule has 1 aliphatic rings. The summed E-state index contributed by atoms with van der Waals surface area (Å²) in [5.41, 5.74) is 3.26. The second-order valence-corrected chi connectivity index (χ2v) is 7.34. The summed E-state index contributed by atoms with van der Waals surface area (Å²) in [6, 6.07) is 12.7. The molecular weight excluding hydrogens is 300 g/mol. The Hall–Kier alpha value is -2.36. The SMILES string of the molecule is CC(C)(C)OC(=O)NCC1CC1c1ccc(-c2ccncc2)cc1. The van der Waals surface area contributed by atoms with E-state index in [-0.39, 0.29) is 6.09 Å². The molecule has 1 fully saturated rings. The van der Waals surface area contributed by atoms with Crippen molar-refractivity contribution in [2.45, 2.75) is 38.7 Å². The number of carbonyl (C=O) groups excluding carboxylic acids is 1. The Morgan fingerprint density at radius 1 is 1.12 bits per heavy atom. The van der Waals surface area contributed by atoms with Gasteiger partial charge in [0.25, 0.3) is 0 Å². The Morgan fingerprint density at radius 2 is 1.75 bits per heavy atom.